The lowest BCUT2D eigenvalue weighted by atomic mass is 9.80. The van der Waals surface area contributed by atoms with Crippen molar-refractivity contribution < 1.29 is 45.2 Å². The molecule has 0 radical (unpaired) electrons. The third-order valence-electron chi connectivity index (χ3n) is 5.40. The minimum Gasteiger partial charge on any atom is -0.399 e. The van der Waals surface area contributed by atoms with E-state index in [2.05, 4.69) is 36.5 Å². The Kier molecular flexibility index (Phi) is 10.8. The van der Waals surface area contributed by atoms with Gasteiger partial charge in [0.2, 0.25) is 0 Å². The second-order valence-corrected chi connectivity index (χ2v) is 10.2. The quantitative estimate of drug-likeness (QED) is 0.279. The largest absolute Gasteiger partial charge is 0.496 e. The van der Waals surface area contributed by atoms with Crippen LogP contribution in [0.4, 0.5) is 47.3 Å². The summed E-state index contributed by atoms with van der Waals surface area (Å²) in [6, 6.07) is 1.15. The first kappa shape index (κ1) is 33.1. The van der Waals surface area contributed by atoms with E-state index in [1.165, 1.54) is 30.9 Å². The minimum absolute atomic E-state index is 0.238. The van der Waals surface area contributed by atoms with Gasteiger partial charge >= 0.3 is 31.5 Å². The number of urea groups is 2. The van der Waals surface area contributed by atoms with Crippen LogP contribution in [0, 0.1) is 0 Å². The van der Waals surface area contributed by atoms with Gasteiger partial charge in [0.05, 0.1) is 35.0 Å². The van der Waals surface area contributed by atoms with Crippen LogP contribution in [0.2, 0.25) is 0 Å². The molecule has 1 aliphatic heterocycles. The van der Waals surface area contributed by atoms with Crippen molar-refractivity contribution in [2.24, 2.45) is 0 Å². The smallest absolute Gasteiger partial charge is 0.399 e. The second kappa shape index (κ2) is 13.0. The van der Waals surface area contributed by atoms with Crippen LogP contribution >= 0.6 is 15.9 Å². The number of nitrogens with one attached hydrogen (secondary N) is 4. The Morgan fingerprint density at radius 1 is 0.800 bits per heavy atom. The molecular formula is C22H26BBrF6N6O4. The monoisotopic (exact) mass is 642 g/mol. The maximum atomic E-state index is 12.1. The van der Waals surface area contributed by atoms with Gasteiger partial charge in [0.25, 0.3) is 0 Å². The first-order chi connectivity index (χ1) is 18.3. The molecule has 1 aliphatic rings. The molecule has 0 saturated carbocycles. The maximum absolute atomic E-state index is 12.1. The fraction of sp³-hybridized carbons (Fsp3) is 0.455. The Bertz CT molecular complexity index is 1170. The molecule has 1 fully saturated rings. The predicted octanol–water partition coefficient (Wildman–Crippen LogP) is 4.59. The lowest BCUT2D eigenvalue weighted by Gasteiger charge is -2.32. The molecule has 18 heteroatoms. The van der Waals surface area contributed by atoms with E-state index >= 15 is 0 Å². The first-order valence-corrected chi connectivity index (χ1v) is 12.2. The van der Waals surface area contributed by atoms with Crippen LogP contribution < -0.4 is 26.7 Å². The number of alkyl halides is 6. The topological polar surface area (TPSA) is 127 Å². The van der Waals surface area contributed by atoms with Crippen LogP contribution in [0.15, 0.2) is 41.4 Å². The van der Waals surface area contributed by atoms with Crippen LogP contribution in [0.25, 0.3) is 0 Å². The fourth-order valence-electron chi connectivity index (χ4n) is 2.83. The molecule has 4 N–H and O–H groups in total. The maximum Gasteiger partial charge on any atom is 0.496 e. The lowest BCUT2D eigenvalue weighted by molar-refractivity contribution is -0.123. The van der Waals surface area contributed by atoms with Crippen molar-refractivity contribution in [2.75, 3.05) is 23.7 Å². The van der Waals surface area contributed by atoms with Gasteiger partial charge in [0, 0.05) is 22.3 Å². The summed E-state index contributed by atoms with van der Waals surface area (Å²) in [6.07, 6.45) is -3.26. The van der Waals surface area contributed by atoms with E-state index in [1.807, 2.05) is 27.7 Å². The van der Waals surface area contributed by atoms with Crippen molar-refractivity contribution in [1.29, 1.82) is 0 Å². The highest BCUT2D eigenvalue weighted by atomic mass is 79.9. The Balaban J connectivity index is 0.000000305. The summed E-state index contributed by atoms with van der Waals surface area (Å²) >= 11 is 3.11. The van der Waals surface area contributed by atoms with Crippen LogP contribution in [-0.4, -0.2) is 65.8 Å². The Hall–Kier alpha value is -3.12. The SMILES string of the molecule is CC1(C)OB(c2cncc(NC(=O)NCC(F)(F)F)c2)OC1(C)C.O=C(NCC(F)(F)F)Nc1cncc(Br)c1. The number of halogens is 7. The summed E-state index contributed by atoms with van der Waals surface area (Å²) in [5.41, 5.74) is 0.0225. The van der Waals surface area contributed by atoms with Gasteiger partial charge in [0.1, 0.15) is 13.1 Å². The normalized spacial score (nSPS) is 15.9. The van der Waals surface area contributed by atoms with E-state index in [9.17, 15) is 35.9 Å². The Morgan fingerprint density at radius 3 is 1.65 bits per heavy atom. The standard InChI is InChI=1S/C14H19BF3N3O3.C8H7BrF3N3O/c1-12(2)13(3,4)24-15(23-12)9-5-10(7-19-6-9)21-11(22)20-8-14(16,17)18;9-5-1-6(3-13-2-5)15-7(16)14-4-8(10,11)12/h5-7H,8H2,1-4H3,(H2,20,21,22);1-3H,4H2,(H2,14,15,16). The minimum atomic E-state index is -4.47. The summed E-state index contributed by atoms with van der Waals surface area (Å²) in [6.45, 7) is 4.80. The highest BCUT2D eigenvalue weighted by molar-refractivity contribution is 9.10. The molecule has 0 unspecified atom stereocenters. The Labute approximate surface area is 234 Å². The van der Waals surface area contributed by atoms with Gasteiger partial charge in [-0.3, -0.25) is 9.97 Å². The van der Waals surface area contributed by atoms with Crippen molar-refractivity contribution in [3.05, 3.63) is 41.4 Å². The molecule has 0 atom stereocenters. The van der Waals surface area contributed by atoms with Gasteiger partial charge in [-0.1, -0.05) is 0 Å². The molecular weight excluding hydrogens is 617 g/mol. The van der Waals surface area contributed by atoms with Crippen molar-refractivity contribution in [3.8, 4) is 0 Å². The number of nitrogens with zero attached hydrogens (tertiary/aromatic N) is 2. The van der Waals surface area contributed by atoms with Crippen molar-refractivity contribution in [3.63, 3.8) is 0 Å². The number of carbonyl (C=O) groups is 2. The number of pyridine rings is 2. The number of hydrogen-bond acceptors (Lipinski definition) is 6. The summed E-state index contributed by atoms with van der Waals surface area (Å²) in [4.78, 5) is 30.2. The van der Waals surface area contributed by atoms with Crippen LogP contribution in [0.5, 0.6) is 0 Å². The van der Waals surface area contributed by atoms with Gasteiger partial charge in [-0.05, 0) is 55.8 Å². The van der Waals surface area contributed by atoms with E-state index in [1.54, 1.807) is 16.7 Å². The molecule has 10 nitrogen and oxygen atoms in total. The zero-order valence-electron chi connectivity index (χ0n) is 21.6. The predicted molar refractivity (Wildman–Crippen MR) is 138 cm³/mol. The fourth-order valence-corrected chi connectivity index (χ4v) is 3.19. The van der Waals surface area contributed by atoms with Crippen molar-refractivity contribution in [1.82, 2.24) is 20.6 Å². The molecule has 2 aromatic heterocycles. The lowest BCUT2D eigenvalue weighted by Crippen LogP contribution is -2.41. The molecule has 1 saturated heterocycles. The summed E-state index contributed by atoms with van der Waals surface area (Å²) < 4.78 is 83.9. The molecule has 0 aliphatic carbocycles. The van der Waals surface area contributed by atoms with Gasteiger partial charge in [-0.15, -0.1) is 0 Å². The number of anilines is 2. The summed E-state index contributed by atoms with van der Waals surface area (Å²) in [5, 5.41) is 7.90. The average Bonchev–Trinajstić information content (AvgIpc) is 3.03. The molecule has 0 aromatic carbocycles. The molecule has 40 heavy (non-hydrogen) atoms. The Morgan fingerprint density at radius 2 is 1.23 bits per heavy atom. The van der Waals surface area contributed by atoms with Crippen LogP contribution in [0.3, 0.4) is 0 Å². The molecule has 0 bridgehead atoms. The number of rotatable bonds is 5. The van der Waals surface area contributed by atoms with Crippen molar-refractivity contribution in [2.45, 2.75) is 51.2 Å². The van der Waals surface area contributed by atoms with Gasteiger partial charge in [-0.25, -0.2) is 9.59 Å². The number of hydrogen-bond donors (Lipinski definition) is 4. The zero-order valence-corrected chi connectivity index (χ0v) is 23.2. The third-order valence-corrected chi connectivity index (χ3v) is 5.84. The number of carbonyl (C=O) groups excluding carboxylic acids is 2. The van der Waals surface area contributed by atoms with Crippen LogP contribution in [0.1, 0.15) is 27.7 Å². The van der Waals surface area contributed by atoms with E-state index < -0.39 is 55.8 Å². The summed E-state index contributed by atoms with van der Waals surface area (Å²) in [5.74, 6) is 0. The highest BCUT2D eigenvalue weighted by Gasteiger charge is 2.51. The van der Waals surface area contributed by atoms with Crippen molar-refractivity contribution >= 4 is 51.9 Å². The highest BCUT2D eigenvalue weighted by Crippen LogP contribution is 2.36. The average molecular weight is 643 g/mol. The van der Waals surface area contributed by atoms with E-state index in [0.29, 0.717) is 15.6 Å². The first-order valence-electron chi connectivity index (χ1n) is 11.4. The van der Waals surface area contributed by atoms with Gasteiger partial charge in [0.15, 0.2) is 0 Å². The van der Waals surface area contributed by atoms with Gasteiger partial charge in [-0.2, -0.15) is 26.3 Å². The zero-order chi connectivity index (χ0) is 30.4. The molecule has 220 valence electrons. The number of amides is 4. The van der Waals surface area contributed by atoms with Gasteiger partial charge < -0.3 is 30.6 Å². The van der Waals surface area contributed by atoms with Crippen LogP contribution in [-0.2, 0) is 9.31 Å². The molecule has 4 amide bonds. The second-order valence-electron chi connectivity index (χ2n) is 9.33. The molecule has 0 spiro atoms. The number of aromatic nitrogens is 2. The molecule has 2 aromatic rings. The molecule has 3 heterocycles. The summed E-state index contributed by atoms with van der Waals surface area (Å²) in [7, 11) is -0.678. The molecule has 3 rings (SSSR count). The van der Waals surface area contributed by atoms with E-state index in [0.717, 1.165) is 0 Å². The van der Waals surface area contributed by atoms with E-state index in [-0.39, 0.29) is 5.69 Å². The third kappa shape index (κ3) is 11.2. The van der Waals surface area contributed by atoms with E-state index in [4.69, 9.17) is 9.31 Å².